The molecule has 2 N–H and O–H groups in total. The van der Waals surface area contributed by atoms with Crippen LogP contribution in [0.3, 0.4) is 0 Å². The topological polar surface area (TPSA) is 63.2 Å². The lowest BCUT2D eigenvalue weighted by Gasteiger charge is -2.02. The predicted molar refractivity (Wildman–Crippen MR) is 83.6 cm³/mol. The molecule has 2 amide bonds. The van der Waals surface area contributed by atoms with Crippen molar-refractivity contribution < 1.29 is 9.53 Å². The molecular weight excluding hydrogens is 286 g/mol. The van der Waals surface area contributed by atoms with Crippen LogP contribution in [-0.2, 0) is 0 Å². The summed E-state index contributed by atoms with van der Waals surface area (Å²) in [5, 5.41) is 8.04. The number of carbonyl (C=O) groups excluding carboxylic acids is 1. The molecule has 0 radical (unpaired) electrons. The van der Waals surface area contributed by atoms with Crippen LogP contribution in [-0.4, -0.2) is 24.2 Å². The van der Waals surface area contributed by atoms with Gasteiger partial charge in [-0.3, -0.25) is 10.3 Å². The van der Waals surface area contributed by atoms with Gasteiger partial charge in [-0.25, -0.2) is 4.79 Å². The van der Waals surface area contributed by atoms with E-state index in [-0.39, 0.29) is 19.2 Å². The first-order valence-corrected chi connectivity index (χ1v) is 7.21. The summed E-state index contributed by atoms with van der Waals surface area (Å²) in [7, 11) is 0. The largest absolute Gasteiger partial charge is 0.479 e. The second-order valence-corrected chi connectivity index (χ2v) is 5.01. The van der Waals surface area contributed by atoms with Crippen molar-refractivity contribution in [2.24, 2.45) is 0 Å². The van der Waals surface area contributed by atoms with Crippen LogP contribution < -0.4 is 15.4 Å². The van der Waals surface area contributed by atoms with Gasteiger partial charge in [-0.2, -0.15) is 0 Å². The Morgan fingerprint density at radius 2 is 2.29 bits per heavy atom. The molecule has 21 heavy (non-hydrogen) atoms. The van der Waals surface area contributed by atoms with Gasteiger partial charge in [0, 0.05) is 5.69 Å². The van der Waals surface area contributed by atoms with Crippen molar-refractivity contribution in [1.29, 1.82) is 0 Å². The Morgan fingerprint density at radius 1 is 1.38 bits per heavy atom. The van der Waals surface area contributed by atoms with E-state index in [9.17, 15) is 4.79 Å². The number of nitrogens with zero attached hydrogens (tertiary/aromatic N) is 1. The van der Waals surface area contributed by atoms with Gasteiger partial charge >= 0.3 is 6.03 Å². The summed E-state index contributed by atoms with van der Waals surface area (Å²) in [5.41, 5.74) is 0.939. The summed E-state index contributed by atoms with van der Waals surface area (Å²) in [6.07, 6.45) is 1.66. The Kier molecular flexibility index (Phi) is 5.61. The summed E-state index contributed by atoms with van der Waals surface area (Å²) in [5.74, 6) is 6.32. The van der Waals surface area contributed by atoms with Crippen molar-refractivity contribution in [2.45, 2.75) is 6.92 Å². The Bertz CT molecular complexity index is 627. The number of thiophene rings is 1. The number of nitrogens with one attached hydrogen (secondary N) is 2. The smallest absolute Gasteiger partial charge is 0.320 e. The van der Waals surface area contributed by atoms with Gasteiger partial charge in [0.15, 0.2) is 0 Å². The van der Waals surface area contributed by atoms with Gasteiger partial charge in [-0.15, -0.1) is 11.3 Å². The molecule has 0 aromatic carbocycles. The SMILES string of the molecule is Cc1ccc(OCC#CCNC(=O)Nc2cccs2)cn1. The van der Waals surface area contributed by atoms with E-state index < -0.39 is 0 Å². The van der Waals surface area contributed by atoms with Crippen LogP contribution in [0, 0.1) is 18.8 Å². The number of hydrogen-bond acceptors (Lipinski definition) is 4. The number of amides is 2. The molecule has 6 heteroatoms. The fourth-order valence-corrected chi connectivity index (χ4v) is 2.02. The fourth-order valence-electron chi connectivity index (χ4n) is 1.40. The molecule has 0 atom stereocenters. The summed E-state index contributed by atoms with van der Waals surface area (Å²) in [6, 6.07) is 7.16. The van der Waals surface area contributed by atoms with Crippen molar-refractivity contribution in [3.63, 3.8) is 0 Å². The number of anilines is 1. The van der Waals surface area contributed by atoms with Crippen LogP contribution in [0.25, 0.3) is 0 Å². The van der Waals surface area contributed by atoms with E-state index in [0.29, 0.717) is 5.75 Å². The molecule has 0 spiro atoms. The maximum absolute atomic E-state index is 11.5. The van der Waals surface area contributed by atoms with E-state index in [1.165, 1.54) is 11.3 Å². The average molecular weight is 301 g/mol. The number of rotatable bonds is 4. The molecule has 0 aliphatic rings. The van der Waals surface area contributed by atoms with E-state index >= 15 is 0 Å². The molecule has 5 nitrogen and oxygen atoms in total. The molecule has 2 heterocycles. The third-order valence-corrected chi connectivity index (χ3v) is 3.20. The van der Waals surface area contributed by atoms with E-state index in [1.807, 2.05) is 36.6 Å². The second-order valence-electron chi connectivity index (χ2n) is 4.06. The zero-order chi connectivity index (χ0) is 14.9. The van der Waals surface area contributed by atoms with Gasteiger partial charge in [-0.05, 0) is 36.6 Å². The van der Waals surface area contributed by atoms with Gasteiger partial charge in [0.1, 0.15) is 12.4 Å². The molecule has 2 aromatic rings. The molecule has 108 valence electrons. The number of aryl methyl sites for hydroxylation is 1. The minimum atomic E-state index is -0.268. The van der Waals surface area contributed by atoms with Crippen LogP contribution in [0.4, 0.5) is 9.80 Å². The number of pyridine rings is 1. The monoisotopic (exact) mass is 301 g/mol. The summed E-state index contributed by atoms with van der Waals surface area (Å²) >= 11 is 1.46. The van der Waals surface area contributed by atoms with Crippen LogP contribution in [0.2, 0.25) is 0 Å². The molecule has 2 aromatic heterocycles. The highest BCUT2D eigenvalue weighted by atomic mass is 32.1. The lowest BCUT2D eigenvalue weighted by Crippen LogP contribution is -2.28. The predicted octanol–water partition coefficient (Wildman–Crippen LogP) is 2.66. The molecule has 0 bridgehead atoms. The summed E-state index contributed by atoms with van der Waals surface area (Å²) in [4.78, 5) is 15.6. The Balaban J connectivity index is 1.63. The minimum Gasteiger partial charge on any atom is -0.479 e. The van der Waals surface area contributed by atoms with Gasteiger partial charge < -0.3 is 10.1 Å². The van der Waals surface area contributed by atoms with Crippen LogP contribution in [0.1, 0.15) is 5.69 Å². The number of aromatic nitrogens is 1. The molecule has 2 rings (SSSR count). The van der Waals surface area contributed by atoms with Crippen LogP contribution in [0.15, 0.2) is 35.8 Å². The molecule has 0 saturated carbocycles. The van der Waals surface area contributed by atoms with Gasteiger partial charge in [0.05, 0.1) is 17.7 Å². The minimum absolute atomic E-state index is 0.263. The van der Waals surface area contributed by atoms with Crippen molar-refractivity contribution in [1.82, 2.24) is 10.3 Å². The van der Waals surface area contributed by atoms with E-state index in [0.717, 1.165) is 10.7 Å². The maximum Gasteiger partial charge on any atom is 0.320 e. The Hall–Kier alpha value is -2.52. The highest BCUT2D eigenvalue weighted by molar-refractivity contribution is 7.14. The van der Waals surface area contributed by atoms with Crippen molar-refractivity contribution in [3.8, 4) is 17.6 Å². The molecule has 0 saturated heterocycles. The third-order valence-electron chi connectivity index (χ3n) is 2.42. The number of urea groups is 1. The van der Waals surface area contributed by atoms with Crippen molar-refractivity contribution >= 4 is 22.4 Å². The van der Waals surface area contributed by atoms with E-state index in [1.54, 1.807) is 6.20 Å². The second kappa shape index (κ2) is 7.92. The van der Waals surface area contributed by atoms with E-state index in [4.69, 9.17) is 4.74 Å². The molecule has 0 fully saturated rings. The zero-order valence-electron chi connectivity index (χ0n) is 11.6. The molecule has 0 aliphatic carbocycles. The molecular formula is C15H15N3O2S. The van der Waals surface area contributed by atoms with E-state index in [2.05, 4.69) is 27.5 Å². The first-order chi connectivity index (χ1) is 10.2. The van der Waals surface area contributed by atoms with Crippen LogP contribution in [0.5, 0.6) is 5.75 Å². The first kappa shape index (κ1) is 14.9. The highest BCUT2D eigenvalue weighted by Gasteiger charge is 1.99. The van der Waals surface area contributed by atoms with Gasteiger partial charge in [-0.1, -0.05) is 11.8 Å². The molecule has 0 unspecified atom stereocenters. The number of hydrogen-bond donors (Lipinski definition) is 2. The number of carbonyl (C=O) groups is 1. The lowest BCUT2D eigenvalue weighted by molar-refractivity contribution is 0.253. The standard InChI is InChI=1S/C15H15N3O2S/c1-12-6-7-13(11-17-12)20-9-3-2-8-16-15(19)18-14-5-4-10-21-14/h4-7,10-11H,8-9H2,1H3,(H2,16,18,19). The molecule has 0 aliphatic heterocycles. The lowest BCUT2D eigenvalue weighted by atomic mass is 10.4. The summed E-state index contributed by atoms with van der Waals surface area (Å²) < 4.78 is 5.39. The zero-order valence-corrected chi connectivity index (χ0v) is 12.4. The quantitative estimate of drug-likeness (QED) is 0.853. The average Bonchev–Trinajstić information content (AvgIpc) is 2.97. The normalized spacial score (nSPS) is 9.38. The first-order valence-electron chi connectivity index (χ1n) is 6.33. The Morgan fingerprint density at radius 3 is 3.00 bits per heavy atom. The highest BCUT2D eigenvalue weighted by Crippen LogP contribution is 2.14. The van der Waals surface area contributed by atoms with Gasteiger partial charge in [0.2, 0.25) is 0 Å². The Labute approximate surface area is 127 Å². The number of ether oxygens (including phenoxy) is 1. The van der Waals surface area contributed by atoms with Gasteiger partial charge in [0.25, 0.3) is 0 Å². The van der Waals surface area contributed by atoms with Crippen molar-refractivity contribution in [3.05, 3.63) is 41.5 Å². The van der Waals surface area contributed by atoms with Crippen molar-refractivity contribution in [2.75, 3.05) is 18.5 Å². The maximum atomic E-state index is 11.5. The third kappa shape index (κ3) is 5.55. The van der Waals surface area contributed by atoms with Crippen LogP contribution >= 0.6 is 11.3 Å². The fraction of sp³-hybridized carbons (Fsp3) is 0.200. The summed E-state index contributed by atoms with van der Waals surface area (Å²) in [6.45, 7) is 2.45.